The Labute approximate surface area is 577 Å². The molecule has 0 saturated carbocycles. The standard InChI is InChI=1S/C71H108N12O15/c1-13-47(6)65(54(97-11)40-61(90)82-34-24-29-53(82)67(98-12)48(7)68(93)75-49(8)66(92)51-27-20-17-21-28-51)79(10)71(96)63(45(2)3)77-70(95)64(46(4)5)78(9)62(91)43-74-69(94)52(39-50-25-18-16-19-26-50)76-56(85)42-72-55(84)41-73-57(86)44-80-35-37-81(38-36-80)58(87)30-22-14-15-23-33-83-59(88)31-32-60(83)89/h16-21,25-28,31-32,45-49,52-54,63-67,92H,13-15,22-24,29-30,33-44H2,1-12H3,(H,72,84)(H,73,86)(H,74,94)(H,75,93)(H,76,85)(H,77,95)/t47-,48+,49+,52-,53+,54+,63-,64-,65-,66+,67+/m0/s1. The first-order valence-corrected chi connectivity index (χ1v) is 34.5. The van der Waals surface area contributed by atoms with Crippen LogP contribution in [0.5, 0.6) is 0 Å². The van der Waals surface area contributed by atoms with E-state index in [1.807, 2.05) is 36.9 Å². The van der Waals surface area contributed by atoms with E-state index in [9.17, 15) is 62.6 Å². The Bertz CT molecular complexity index is 3020. The van der Waals surface area contributed by atoms with E-state index >= 15 is 0 Å². The number of aliphatic hydroxyl groups is 1. The average Bonchev–Trinajstić information content (AvgIpc) is 1.34. The van der Waals surface area contributed by atoms with Crippen molar-refractivity contribution in [2.45, 2.75) is 174 Å². The van der Waals surface area contributed by atoms with Crippen molar-refractivity contribution in [2.75, 3.05) is 93.8 Å². The van der Waals surface area contributed by atoms with Gasteiger partial charge in [-0.2, -0.15) is 0 Å². The number of imide groups is 1. The van der Waals surface area contributed by atoms with E-state index in [0.29, 0.717) is 88.9 Å². The number of likely N-dealkylation sites (tertiary alicyclic amines) is 1. The third-order valence-corrected chi connectivity index (χ3v) is 18.9. The number of likely N-dealkylation sites (N-methyl/N-ethyl adjacent to an activating group) is 2. The largest absolute Gasteiger partial charge is 0.386 e. The Balaban J connectivity index is 1.10. The first kappa shape index (κ1) is 80.5. The number of rotatable bonds is 39. The Morgan fingerprint density at radius 1 is 0.643 bits per heavy atom. The number of aliphatic hydroxyl groups excluding tert-OH is 1. The quantitative estimate of drug-likeness (QED) is 0.0371. The molecule has 7 N–H and O–H groups in total. The number of hydrogen-bond donors (Lipinski definition) is 7. The van der Waals surface area contributed by atoms with Gasteiger partial charge in [0.2, 0.25) is 59.1 Å². The van der Waals surface area contributed by atoms with Gasteiger partial charge in [0, 0.05) is 92.6 Å². The summed E-state index contributed by atoms with van der Waals surface area (Å²) in [5, 5.41) is 27.1. The molecule has 27 nitrogen and oxygen atoms in total. The molecule has 0 spiro atoms. The van der Waals surface area contributed by atoms with E-state index in [2.05, 4.69) is 31.9 Å². The van der Waals surface area contributed by atoms with Crippen LogP contribution in [-0.2, 0) is 73.4 Å². The number of nitrogens with one attached hydrogen (secondary N) is 6. The Hall–Kier alpha value is -8.14. The van der Waals surface area contributed by atoms with Crippen LogP contribution in [0.3, 0.4) is 0 Å². The SMILES string of the molecule is CC[C@H](C)[C@@H]([C@@H](CC(=O)N1CCC[C@@H]1[C@H](OC)[C@@H](C)C(=O)N[C@H](C)[C@@H](O)c1ccccc1)OC)N(C)C(=O)[C@@H](NC(=O)[C@H](C(C)C)N(C)C(=O)CNC(=O)[C@H](Cc1ccccc1)NC(=O)CNC(=O)CNC(=O)CN1CCN(C(=O)CCCCCCN2C(=O)C=CC2=O)CC1)C(C)C. The number of benzene rings is 2. The van der Waals surface area contributed by atoms with Crippen molar-refractivity contribution in [3.8, 4) is 0 Å². The van der Waals surface area contributed by atoms with Crippen molar-refractivity contribution in [3.63, 3.8) is 0 Å². The number of unbranched alkanes of at least 4 members (excludes halogenated alkanes) is 3. The maximum atomic E-state index is 14.9. The van der Waals surface area contributed by atoms with E-state index in [0.717, 1.165) is 12.8 Å². The molecule has 2 aromatic carbocycles. The minimum absolute atomic E-state index is 0.00917. The zero-order chi connectivity index (χ0) is 72.3. The lowest BCUT2D eigenvalue weighted by Crippen LogP contribution is -2.61. The van der Waals surface area contributed by atoms with Gasteiger partial charge in [-0.15, -0.1) is 0 Å². The van der Waals surface area contributed by atoms with Crippen molar-refractivity contribution < 1.29 is 72.1 Å². The number of carbonyl (C=O) groups excluding carboxylic acids is 12. The molecule has 12 amide bonds. The molecule has 0 unspecified atom stereocenters. The molecule has 27 heteroatoms. The molecular formula is C71H108N12O15. The van der Waals surface area contributed by atoms with Gasteiger partial charge in [0.25, 0.3) is 11.8 Å². The minimum atomic E-state index is -1.22. The van der Waals surface area contributed by atoms with Gasteiger partial charge >= 0.3 is 0 Å². The summed E-state index contributed by atoms with van der Waals surface area (Å²) in [6, 6.07) is 12.7. The molecular weight excluding hydrogens is 1260 g/mol. The molecule has 0 aliphatic carbocycles. The second-order valence-corrected chi connectivity index (χ2v) is 26.7. The van der Waals surface area contributed by atoms with Crippen molar-refractivity contribution >= 4 is 70.9 Å². The first-order valence-electron chi connectivity index (χ1n) is 34.5. The molecule has 11 atom stereocenters. The van der Waals surface area contributed by atoms with Crippen LogP contribution in [0, 0.1) is 23.7 Å². The van der Waals surface area contributed by atoms with Crippen molar-refractivity contribution in [1.82, 2.24) is 61.3 Å². The van der Waals surface area contributed by atoms with Crippen molar-refractivity contribution in [1.29, 1.82) is 0 Å². The minimum Gasteiger partial charge on any atom is -0.386 e. The van der Waals surface area contributed by atoms with Gasteiger partial charge in [0.1, 0.15) is 18.1 Å². The highest BCUT2D eigenvalue weighted by Gasteiger charge is 2.44. The third kappa shape index (κ3) is 23.8. The highest BCUT2D eigenvalue weighted by Crippen LogP contribution is 2.30. The fraction of sp³-hybridized carbons (Fsp3) is 0.634. The lowest BCUT2D eigenvalue weighted by Gasteiger charge is -2.41. The zero-order valence-electron chi connectivity index (χ0n) is 59.4. The topological polar surface area (TPSA) is 335 Å². The molecule has 2 aromatic rings. The van der Waals surface area contributed by atoms with Gasteiger partial charge in [-0.25, -0.2) is 0 Å². The maximum Gasteiger partial charge on any atom is 0.253 e. The molecule has 3 aliphatic heterocycles. The molecule has 542 valence electrons. The molecule has 5 rings (SSSR count). The van der Waals surface area contributed by atoms with E-state index in [-0.39, 0.29) is 54.8 Å². The van der Waals surface area contributed by atoms with Crippen molar-refractivity contribution in [2.24, 2.45) is 23.7 Å². The van der Waals surface area contributed by atoms with Crippen LogP contribution in [0.25, 0.3) is 0 Å². The van der Waals surface area contributed by atoms with E-state index in [4.69, 9.17) is 9.47 Å². The fourth-order valence-electron chi connectivity index (χ4n) is 13.0. The van der Waals surface area contributed by atoms with Gasteiger partial charge < -0.3 is 66.1 Å². The summed E-state index contributed by atoms with van der Waals surface area (Å²) >= 11 is 0. The van der Waals surface area contributed by atoms with Gasteiger partial charge in [-0.05, 0) is 61.5 Å². The van der Waals surface area contributed by atoms with Crippen LogP contribution in [0.15, 0.2) is 72.8 Å². The Morgan fingerprint density at radius 2 is 1.26 bits per heavy atom. The van der Waals surface area contributed by atoms with Gasteiger partial charge in [0.15, 0.2) is 0 Å². The number of hydrogen-bond acceptors (Lipinski definition) is 16. The van der Waals surface area contributed by atoms with Crippen LogP contribution in [0.2, 0.25) is 0 Å². The molecule has 2 saturated heterocycles. The number of ether oxygens (including phenoxy) is 2. The Kier molecular flexibility index (Phi) is 32.9. The van der Waals surface area contributed by atoms with E-state index < -0.39 is 133 Å². The summed E-state index contributed by atoms with van der Waals surface area (Å²) in [7, 11) is 6.04. The molecule has 2 fully saturated rings. The summed E-state index contributed by atoms with van der Waals surface area (Å²) < 4.78 is 12.1. The normalized spacial score (nSPS) is 17.9. The van der Waals surface area contributed by atoms with Gasteiger partial charge in [-0.3, -0.25) is 67.3 Å². The summed E-state index contributed by atoms with van der Waals surface area (Å²) in [6.45, 7) is 15.4. The van der Waals surface area contributed by atoms with E-state index in [1.54, 1.807) is 101 Å². The summed E-state index contributed by atoms with van der Waals surface area (Å²) in [4.78, 5) is 170. The summed E-state index contributed by atoms with van der Waals surface area (Å²) in [5.74, 6) is -7.26. The fourth-order valence-corrected chi connectivity index (χ4v) is 13.0. The maximum absolute atomic E-state index is 14.9. The van der Waals surface area contributed by atoms with Crippen molar-refractivity contribution in [3.05, 3.63) is 83.9 Å². The number of carbonyl (C=O) groups is 12. The number of piperazine rings is 1. The van der Waals surface area contributed by atoms with Gasteiger partial charge in [0.05, 0.1) is 75.0 Å². The molecule has 3 heterocycles. The zero-order valence-corrected chi connectivity index (χ0v) is 59.4. The number of methoxy groups -OCH3 is 2. The van der Waals surface area contributed by atoms with E-state index in [1.165, 1.54) is 48.1 Å². The molecule has 3 aliphatic rings. The number of nitrogens with zero attached hydrogens (tertiary/aromatic N) is 6. The molecule has 0 aromatic heterocycles. The average molecular weight is 1370 g/mol. The third-order valence-electron chi connectivity index (χ3n) is 18.9. The van der Waals surface area contributed by atoms with Crippen LogP contribution in [0.4, 0.5) is 0 Å². The molecule has 0 radical (unpaired) electrons. The monoisotopic (exact) mass is 1370 g/mol. The van der Waals surface area contributed by atoms with Crippen LogP contribution in [0.1, 0.15) is 130 Å². The molecule has 0 bridgehead atoms. The highest BCUT2D eigenvalue weighted by atomic mass is 16.5. The lowest BCUT2D eigenvalue weighted by molar-refractivity contribution is -0.148. The highest BCUT2D eigenvalue weighted by molar-refractivity contribution is 6.12. The lowest BCUT2D eigenvalue weighted by atomic mass is 9.89. The summed E-state index contributed by atoms with van der Waals surface area (Å²) in [5.41, 5.74) is 1.34. The predicted octanol–water partition coefficient (Wildman–Crippen LogP) is 1.86. The smallest absolute Gasteiger partial charge is 0.253 e. The first-order chi connectivity index (χ1) is 46.6. The van der Waals surface area contributed by atoms with Crippen LogP contribution < -0.4 is 31.9 Å². The number of amides is 12. The second kappa shape index (κ2) is 40.1. The van der Waals surface area contributed by atoms with Crippen LogP contribution >= 0.6 is 0 Å². The predicted molar refractivity (Wildman–Crippen MR) is 366 cm³/mol. The molecule has 98 heavy (non-hydrogen) atoms. The van der Waals surface area contributed by atoms with Gasteiger partial charge in [-0.1, -0.05) is 128 Å². The Morgan fingerprint density at radius 3 is 1.86 bits per heavy atom. The second-order valence-electron chi connectivity index (χ2n) is 26.7. The van der Waals surface area contributed by atoms with Crippen LogP contribution in [-0.4, -0.2) is 248 Å². The summed E-state index contributed by atoms with van der Waals surface area (Å²) in [6.07, 6.45) is 5.14.